The highest BCUT2D eigenvalue weighted by atomic mass is 16.3. The van der Waals surface area contributed by atoms with Crippen LogP contribution in [0.25, 0.3) is 101 Å². The molecule has 2 heterocycles. The fourth-order valence-corrected chi connectivity index (χ4v) is 8.81. The zero-order valence-corrected chi connectivity index (χ0v) is 32.1. The van der Waals surface area contributed by atoms with Crippen LogP contribution in [0.5, 0.6) is 0 Å². The van der Waals surface area contributed by atoms with E-state index in [4.69, 9.17) is 19.4 Å². The average molecular weight is 744 g/mol. The van der Waals surface area contributed by atoms with Gasteiger partial charge in [0.1, 0.15) is 11.2 Å². The minimum absolute atomic E-state index is 0.0381. The van der Waals surface area contributed by atoms with Crippen molar-refractivity contribution in [2.24, 2.45) is 0 Å². The molecule has 0 atom stereocenters. The molecule has 0 spiro atoms. The Morgan fingerprint density at radius 2 is 0.862 bits per heavy atom. The highest BCUT2D eigenvalue weighted by molar-refractivity contribution is 6.12. The van der Waals surface area contributed by atoms with Crippen LogP contribution in [-0.2, 0) is 5.41 Å². The van der Waals surface area contributed by atoms with Crippen molar-refractivity contribution in [3.8, 4) is 78.7 Å². The molecule has 0 aliphatic heterocycles. The highest BCUT2D eigenvalue weighted by Gasteiger charge is 2.36. The van der Waals surface area contributed by atoms with E-state index in [1.54, 1.807) is 0 Å². The molecule has 58 heavy (non-hydrogen) atoms. The van der Waals surface area contributed by atoms with Gasteiger partial charge in [-0.3, -0.25) is 0 Å². The molecule has 10 aromatic rings. The third kappa shape index (κ3) is 5.56. The summed E-state index contributed by atoms with van der Waals surface area (Å²) < 4.78 is 6.48. The zero-order chi connectivity index (χ0) is 38.8. The molecule has 4 nitrogen and oxygen atoms in total. The zero-order valence-electron chi connectivity index (χ0n) is 32.1. The number of nitrogens with zero attached hydrogens (tertiary/aromatic N) is 3. The van der Waals surface area contributed by atoms with Crippen molar-refractivity contribution >= 4 is 21.9 Å². The molecule has 0 N–H and O–H groups in total. The number of hydrogen-bond donors (Lipinski definition) is 0. The normalized spacial score (nSPS) is 12.8. The summed E-state index contributed by atoms with van der Waals surface area (Å²) in [4.78, 5) is 15.3. The smallest absolute Gasteiger partial charge is 0.164 e. The maximum atomic E-state index is 6.48. The minimum Gasteiger partial charge on any atom is -0.456 e. The molecule has 1 aliphatic rings. The first-order valence-corrected chi connectivity index (χ1v) is 19.8. The predicted octanol–water partition coefficient (Wildman–Crippen LogP) is 14.1. The Kier molecular flexibility index (Phi) is 7.80. The van der Waals surface area contributed by atoms with E-state index in [-0.39, 0.29) is 5.41 Å². The lowest BCUT2D eigenvalue weighted by Gasteiger charge is -2.21. The van der Waals surface area contributed by atoms with Gasteiger partial charge in [0.05, 0.1) is 0 Å². The van der Waals surface area contributed by atoms with Gasteiger partial charge in [-0.15, -0.1) is 0 Å². The maximum Gasteiger partial charge on any atom is 0.164 e. The van der Waals surface area contributed by atoms with Crippen LogP contribution in [0.3, 0.4) is 0 Å². The van der Waals surface area contributed by atoms with Gasteiger partial charge in [-0.2, -0.15) is 0 Å². The Balaban J connectivity index is 1.00. The predicted molar refractivity (Wildman–Crippen MR) is 237 cm³/mol. The van der Waals surface area contributed by atoms with Crippen LogP contribution in [0.15, 0.2) is 192 Å². The second kappa shape index (κ2) is 13.4. The monoisotopic (exact) mass is 743 g/mol. The fraction of sp³-hybridized carbons (Fsp3) is 0.0556. The first-order valence-electron chi connectivity index (χ1n) is 19.8. The van der Waals surface area contributed by atoms with E-state index in [2.05, 4.69) is 153 Å². The molecule has 274 valence electrons. The van der Waals surface area contributed by atoms with Crippen molar-refractivity contribution in [3.05, 3.63) is 199 Å². The second-order valence-corrected chi connectivity index (χ2v) is 15.6. The summed E-state index contributed by atoms with van der Waals surface area (Å²) in [6.07, 6.45) is 0. The van der Waals surface area contributed by atoms with Gasteiger partial charge in [0.25, 0.3) is 0 Å². The Bertz CT molecular complexity index is 3160. The molecule has 4 heteroatoms. The SMILES string of the molecule is CC1(C)c2ccccc2-c2c(-c3ccc(-c4ccc5oc6cccc(-c7nc(-c8ccccc8)nc(-c8ccc(-c9ccccc9)cc8)n7)c6c5c4)cc3)cccc21. The summed E-state index contributed by atoms with van der Waals surface area (Å²) in [6.45, 7) is 4.66. The summed E-state index contributed by atoms with van der Waals surface area (Å²) in [5.41, 5.74) is 16.8. The second-order valence-electron chi connectivity index (χ2n) is 15.6. The minimum atomic E-state index is -0.0381. The third-order valence-electron chi connectivity index (χ3n) is 11.8. The van der Waals surface area contributed by atoms with Crippen molar-refractivity contribution in [2.45, 2.75) is 19.3 Å². The lowest BCUT2D eigenvalue weighted by Crippen LogP contribution is -2.14. The maximum absolute atomic E-state index is 6.48. The van der Waals surface area contributed by atoms with Gasteiger partial charge >= 0.3 is 0 Å². The Morgan fingerprint density at radius 3 is 1.60 bits per heavy atom. The van der Waals surface area contributed by atoms with Crippen molar-refractivity contribution in [1.29, 1.82) is 0 Å². The molecule has 1 aliphatic carbocycles. The van der Waals surface area contributed by atoms with Gasteiger partial charge in [0.2, 0.25) is 0 Å². The standard InChI is InChI=1S/C54H37N3O/c1-54(2)45-20-10-9-17-42(45)49-41(18-11-21-46(49)54)37-27-23-36(24-28-37)40-31-32-47-44(33-40)50-43(19-12-22-48(50)58-47)53-56-51(38-15-7-4-8-16-38)55-52(57-53)39-29-25-35(26-30-39)34-13-5-3-6-14-34/h3-33H,1-2H3. The quantitative estimate of drug-likeness (QED) is 0.170. The number of aromatic nitrogens is 3. The number of hydrogen-bond acceptors (Lipinski definition) is 4. The summed E-state index contributed by atoms with van der Waals surface area (Å²) >= 11 is 0. The largest absolute Gasteiger partial charge is 0.456 e. The van der Waals surface area contributed by atoms with E-state index in [9.17, 15) is 0 Å². The van der Waals surface area contributed by atoms with Crippen molar-refractivity contribution in [2.75, 3.05) is 0 Å². The van der Waals surface area contributed by atoms with Crippen molar-refractivity contribution < 1.29 is 4.42 Å². The average Bonchev–Trinajstić information content (AvgIpc) is 3.78. The van der Waals surface area contributed by atoms with Gasteiger partial charge in [0, 0.05) is 32.9 Å². The molecule has 0 saturated carbocycles. The summed E-state index contributed by atoms with van der Waals surface area (Å²) in [5, 5.41) is 2.00. The molecule has 0 amide bonds. The Hall–Kier alpha value is -7.43. The van der Waals surface area contributed by atoms with E-state index in [1.807, 2.05) is 48.5 Å². The van der Waals surface area contributed by atoms with Crippen LogP contribution in [0, 0.1) is 0 Å². The molecule has 0 bridgehead atoms. The Labute approximate surface area is 337 Å². The molecular weight excluding hydrogens is 707 g/mol. The summed E-state index contributed by atoms with van der Waals surface area (Å²) in [6, 6.07) is 66.1. The molecule has 0 saturated heterocycles. The highest BCUT2D eigenvalue weighted by Crippen LogP contribution is 2.52. The van der Waals surface area contributed by atoms with Crippen LogP contribution >= 0.6 is 0 Å². The van der Waals surface area contributed by atoms with Gasteiger partial charge in [-0.05, 0) is 73.8 Å². The molecule has 0 unspecified atom stereocenters. The molecule has 11 rings (SSSR count). The lowest BCUT2D eigenvalue weighted by atomic mass is 9.82. The first kappa shape index (κ1) is 33.9. The van der Waals surface area contributed by atoms with E-state index in [1.165, 1.54) is 38.9 Å². The van der Waals surface area contributed by atoms with E-state index >= 15 is 0 Å². The van der Waals surface area contributed by atoms with Gasteiger partial charge in [0.15, 0.2) is 17.5 Å². The molecular formula is C54H37N3O. The van der Waals surface area contributed by atoms with E-state index in [0.29, 0.717) is 17.5 Å². The first-order chi connectivity index (χ1) is 28.5. The summed E-state index contributed by atoms with van der Waals surface area (Å²) in [7, 11) is 0. The van der Waals surface area contributed by atoms with Gasteiger partial charge in [-0.1, -0.05) is 184 Å². The van der Waals surface area contributed by atoms with Crippen LogP contribution in [-0.4, -0.2) is 15.0 Å². The Morgan fingerprint density at radius 1 is 0.362 bits per heavy atom. The van der Waals surface area contributed by atoms with Gasteiger partial charge in [-0.25, -0.2) is 15.0 Å². The number of fused-ring (bicyclic) bond motifs is 6. The van der Waals surface area contributed by atoms with E-state index < -0.39 is 0 Å². The van der Waals surface area contributed by atoms with E-state index in [0.717, 1.165) is 55.3 Å². The molecule has 8 aromatic carbocycles. The lowest BCUT2D eigenvalue weighted by molar-refractivity contribution is 0.660. The van der Waals surface area contributed by atoms with Gasteiger partial charge < -0.3 is 4.42 Å². The van der Waals surface area contributed by atoms with Crippen molar-refractivity contribution in [3.63, 3.8) is 0 Å². The van der Waals surface area contributed by atoms with Crippen LogP contribution in [0.1, 0.15) is 25.0 Å². The number of rotatable bonds is 6. The van der Waals surface area contributed by atoms with Crippen LogP contribution in [0.2, 0.25) is 0 Å². The third-order valence-corrected chi connectivity index (χ3v) is 11.8. The molecule has 0 radical (unpaired) electrons. The fourth-order valence-electron chi connectivity index (χ4n) is 8.81. The molecule has 0 fully saturated rings. The van der Waals surface area contributed by atoms with Crippen molar-refractivity contribution in [1.82, 2.24) is 15.0 Å². The topological polar surface area (TPSA) is 51.8 Å². The van der Waals surface area contributed by atoms with Crippen LogP contribution in [0.4, 0.5) is 0 Å². The molecule has 2 aromatic heterocycles. The van der Waals surface area contributed by atoms with Crippen LogP contribution < -0.4 is 0 Å². The number of benzene rings is 8. The summed E-state index contributed by atoms with van der Waals surface area (Å²) in [5.74, 6) is 1.83. The number of furan rings is 1.